The molecule has 0 saturated heterocycles. The first-order valence-electron chi connectivity index (χ1n) is 12.9. The minimum Gasteiger partial charge on any atom is -0.507 e. The second kappa shape index (κ2) is 11.4. The highest BCUT2D eigenvalue weighted by atomic mass is 79.9. The molecule has 0 spiro atoms. The molecule has 19 heteroatoms. The van der Waals surface area contributed by atoms with E-state index in [1.165, 1.54) is 18.2 Å². The summed E-state index contributed by atoms with van der Waals surface area (Å²) in [5.41, 5.74) is -0.448. The summed E-state index contributed by atoms with van der Waals surface area (Å²) in [6, 6.07) is 9.45. The molecule has 0 saturated carbocycles. The van der Waals surface area contributed by atoms with E-state index in [9.17, 15) is 56.3 Å². The van der Waals surface area contributed by atoms with Gasteiger partial charge in [-0.2, -0.15) is 16.8 Å². The Kier molecular flexibility index (Phi) is 7.88. The molecule has 4 aromatic rings. The van der Waals surface area contributed by atoms with Crippen molar-refractivity contribution >= 4 is 85.2 Å². The maximum Gasteiger partial charge on any atom is 0.296 e. The van der Waals surface area contributed by atoms with E-state index in [2.05, 4.69) is 42.1 Å². The maximum atomic E-state index is 12.3. The molecule has 7 N–H and O–H groups in total. The monoisotopic (exact) mass is 822 g/mol. The average molecular weight is 824 g/mol. The molecule has 6 rings (SSSR count). The van der Waals surface area contributed by atoms with Gasteiger partial charge in [-0.3, -0.25) is 13.9 Å². The van der Waals surface area contributed by atoms with Gasteiger partial charge in [0, 0.05) is 55.1 Å². The Morgan fingerprint density at radius 2 is 1.23 bits per heavy atom. The first-order chi connectivity index (χ1) is 22.3. The van der Waals surface area contributed by atoms with E-state index < -0.39 is 80.7 Å². The molecule has 0 atom stereocenters. The first kappa shape index (κ1) is 33.1. The van der Waals surface area contributed by atoms with Gasteiger partial charge >= 0.3 is 0 Å². The fraction of sp³-hybridized carbons (Fsp3) is 0. The van der Waals surface area contributed by atoms with Crippen LogP contribution < -0.4 is 5.43 Å². The Morgan fingerprint density at radius 3 is 1.85 bits per heavy atom. The standard InChI is InChI=1S/C29H16Br2N2O13S2/c30-15-1-10(26-12-5-17(34)19(36)7-23(12)46-24-8-20(37)18(35)6-13(24)26)2-16(31)29(15)33-32-28-14-3-11(47(40,41)42)4-21(38)27(14)22(39)9-25(28)48(43,44)45/h1-9,34-36,38-39H,(H,40,41,42)(H,43,44,45). The molecule has 48 heavy (non-hydrogen) atoms. The highest BCUT2D eigenvalue weighted by Crippen LogP contribution is 2.48. The quantitative estimate of drug-likeness (QED) is 0.0415. The molecule has 2 aliphatic rings. The molecule has 4 aromatic carbocycles. The number of azo groups is 1. The molecule has 15 nitrogen and oxygen atoms in total. The minimum atomic E-state index is -5.15. The van der Waals surface area contributed by atoms with Crippen LogP contribution in [0.3, 0.4) is 0 Å². The molecule has 1 aliphatic carbocycles. The number of fused-ring (bicyclic) bond motifs is 3. The van der Waals surface area contributed by atoms with Crippen LogP contribution in [0.1, 0.15) is 0 Å². The van der Waals surface area contributed by atoms with Crippen LogP contribution in [0.4, 0.5) is 11.4 Å². The van der Waals surface area contributed by atoms with Crippen LogP contribution in [0.5, 0.6) is 28.7 Å². The Balaban J connectivity index is 1.60. The van der Waals surface area contributed by atoms with Crippen molar-refractivity contribution in [1.82, 2.24) is 0 Å². The Morgan fingerprint density at radius 1 is 0.625 bits per heavy atom. The van der Waals surface area contributed by atoms with E-state index in [0.29, 0.717) is 29.3 Å². The van der Waals surface area contributed by atoms with Gasteiger partial charge in [0.05, 0.1) is 10.3 Å². The molecular weight excluding hydrogens is 808 g/mol. The third kappa shape index (κ3) is 5.69. The highest BCUT2D eigenvalue weighted by Gasteiger charge is 2.26. The lowest BCUT2D eigenvalue weighted by atomic mass is 9.93. The summed E-state index contributed by atoms with van der Waals surface area (Å²) >= 11 is 6.72. The number of nitrogens with zero attached hydrogens (tertiary/aromatic N) is 2. The van der Waals surface area contributed by atoms with Gasteiger partial charge in [-0.15, -0.1) is 10.2 Å². The molecule has 0 bridgehead atoms. The van der Waals surface area contributed by atoms with E-state index in [1.807, 2.05) is 0 Å². The predicted molar refractivity (Wildman–Crippen MR) is 176 cm³/mol. The van der Waals surface area contributed by atoms with Gasteiger partial charge in [-0.1, -0.05) is 0 Å². The SMILES string of the molecule is O=c1cc2oc3cc(O)c(O)cc3c(-c3cc(Br)c(N=Nc4c(S(=O)(=O)O)cc(O)c5c(O)cc(S(=O)(=O)O)cc45)c(Br)c3)c-2cc1O. The maximum absolute atomic E-state index is 12.3. The number of phenolic OH excluding ortho intramolecular Hbond substituents is 5. The van der Waals surface area contributed by atoms with Gasteiger partial charge < -0.3 is 29.9 Å². The smallest absolute Gasteiger partial charge is 0.296 e. The Labute approximate surface area is 284 Å². The van der Waals surface area contributed by atoms with Crippen LogP contribution in [-0.4, -0.2) is 51.5 Å². The lowest BCUT2D eigenvalue weighted by Gasteiger charge is -2.17. The van der Waals surface area contributed by atoms with Crippen LogP contribution in [0.2, 0.25) is 0 Å². The lowest BCUT2D eigenvalue weighted by molar-refractivity contribution is 0.404. The van der Waals surface area contributed by atoms with Crippen molar-refractivity contribution in [2.45, 2.75) is 9.79 Å². The van der Waals surface area contributed by atoms with Crippen molar-refractivity contribution in [3.63, 3.8) is 0 Å². The van der Waals surface area contributed by atoms with Crippen molar-refractivity contribution < 1.29 is 55.9 Å². The fourth-order valence-corrected chi connectivity index (χ4v) is 7.58. The number of hydrogen-bond donors (Lipinski definition) is 7. The number of halogens is 2. The second-order valence-corrected chi connectivity index (χ2v) is 14.7. The number of rotatable bonds is 5. The summed E-state index contributed by atoms with van der Waals surface area (Å²) in [5.74, 6) is -3.29. The molecular formula is C29H16Br2N2O13S2. The normalized spacial score (nSPS) is 12.5. The number of aromatic hydroxyl groups is 5. The van der Waals surface area contributed by atoms with Crippen LogP contribution in [0, 0.1) is 0 Å². The molecule has 0 aromatic heterocycles. The summed E-state index contributed by atoms with van der Waals surface area (Å²) < 4.78 is 73.9. The first-order valence-corrected chi connectivity index (χ1v) is 17.4. The van der Waals surface area contributed by atoms with E-state index in [0.717, 1.165) is 18.2 Å². The summed E-state index contributed by atoms with van der Waals surface area (Å²) in [7, 11) is -10.1. The molecule has 1 heterocycles. The molecule has 0 unspecified atom stereocenters. The third-order valence-corrected chi connectivity index (χ3v) is 10.0. The average Bonchev–Trinajstić information content (AvgIpc) is 2.96. The van der Waals surface area contributed by atoms with Gasteiger partial charge in [0.1, 0.15) is 39.1 Å². The van der Waals surface area contributed by atoms with Crippen molar-refractivity contribution in [2.75, 3.05) is 0 Å². The number of benzene rings is 5. The largest absolute Gasteiger partial charge is 0.507 e. The van der Waals surface area contributed by atoms with E-state index in [4.69, 9.17) is 4.42 Å². The number of hydrogen-bond acceptors (Lipinski definition) is 13. The van der Waals surface area contributed by atoms with Gasteiger partial charge in [0.2, 0.25) is 5.43 Å². The Hall–Kier alpha value is -4.79. The zero-order chi connectivity index (χ0) is 35.0. The highest BCUT2D eigenvalue weighted by molar-refractivity contribution is 9.11. The molecule has 0 radical (unpaired) electrons. The summed E-state index contributed by atoms with van der Waals surface area (Å²) in [6.45, 7) is 0. The van der Waals surface area contributed by atoms with Crippen molar-refractivity contribution in [2.24, 2.45) is 10.2 Å². The second-order valence-electron chi connectivity index (χ2n) is 10.2. The third-order valence-electron chi connectivity index (χ3n) is 7.13. The van der Waals surface area contributed by atoms with Gasteiger partial charge in [0.25, 0.3) is 20.2 Å². The van der Waals surface area contributed by atoms with Gasteiger partial charge in [-0.25, -0.2) is 0 Å². The summed E-state index contributed by atoms with van der Waals surface area (Å²) in [5, 5.41) is 58.7. The molecule has 0 amide bonds. The van der Waals surface area contributed by atoms with Crippen LogP contribution >= 0.6 is 31.9 Å². The predicted octanol–water partition coefficient (Wildman–Crippen LogP) is 6.68. The summed E-state index contributed by atoms with van der Waals surface area (Å²) in [6.07, 6.45) is 0. The van der Waals surface area contributed by atoms with Gasteiger partial charge in [-0.05, 0) is 67.8 Å². The topological polar surface area (TPSA) is 265 Å². The zero-order valence-corrected chi connectivity index (χ0v) is 28.0. The lowest BCUT2D eigenvalue weighted by Crippen LogP contribution is -2.01. The van der Waals surface area contributed by atoms with E-state index in [1.54, 1.807) is 0 Å². The van der Waals surface area contributed by atoms with Crippen LogP contribution in [-0.2, 0) is 20.2 Å². The molecule has 1 aliphatic heterocycles. The molecule has 246 valence electrons. The van der Waals surface area contributed by atoms with Crippen molar-refractivity contribution in [3.8, 4) is 51.2 Å². The van der Waals surface area contributed by atoms with Gasteiger partial charge in [0.15, 0.2) is 17.2 Å². The van der Waals surface area contributed by atoms with Crippen LogP contribution in [0.25, 0.3) is 44.2 Å². The van der Waals surface area contributed by atoms with Crippen LogP contribution in [0.15, 0.2) is 92.8 Å². The van der Waals surface area contributed by atoms with Crippen molar-refractivity contribution in [1.29, 1.82) is 0 Å². The fourth-order valence-electron chi connectivity index (χ4n) is 5.05. The van der Waals surface area contributed by atoms with Crippen molar-refractivity contribution in [3.05, 3.63) is 73.8 Å². The Bertz CT molecular complexity index is 2640. The van der Waals surface area contributed by atoms with E-state index in [-0.39, 0.29) is 36.9 Å². The minimum absolute atomic E-state index is 0.00386. The zero-order valence-electron chi connectivity index (χ0n) is 23.2. The van der Waals surface area contributed by atoms with E-state index >= 15 is 0 Å². The summed E-state index contributed by atoms with van der Waals surface area (Å²) in [4.78, 5) is 10.3. The number of phenols is 5. The molecule has 0 fully saturated rings.